The summed E-state index contributed by atoms with van der Waals surface area (Å²) in [5.41, 5.74) is 8.35. The van der Waals surface area contributed by atoms with Crippen molar-refractivity contribution in [3.8, 4) is 17.2 Å². The van der Waals surface area contributed by atoms with E-state index in [1.807, 2.05) is 29.8 Å². The van der Waals surface area contributed by atoms with E-state index in [9.17, 15) is 0 Å². The number of ether oxygens (including phenoxy) is 3. The molecule has 2 N–H and O–H groups in total. The van der Waals surface area contributed by atoms with Crippen LogP contribution in [-0.2, 0) is 6.54 Å². The molecular formula is C17H19ClN4O3. The Bertz CT molecular complexity index is 940. The highest BCUT2D eigenvalue weighted by Gasteiger charge is 2.19. The lowest BCUT2D eigenvalue weighted by Gasteiger charge is -2.18. The third kappa shape index (κ3) is 2.91. The minimum Gasteiger partial charge on any atom is -0.493 e. The molecule has 2 aromatic heterocycles. The summed E-state index contributed by atoms with van der Waals surface area (Å²) in [5, 5.41) is 1.09. The van der Waals surface area contributed by atoms with Crippen molar-refractivity contribution in [2.45, 2.75) is 13.5 Å². The quantitative estimate of drug-likeness (QED) is 0.702. The molecule has 3 rings (SSSR count). The van der Waals surface area contributed by atoms with E-state index in [0.29, 0.717) is 34.6 Å². The number of hydrogen-bond acceptors (Lipinski definition) is 6. The molecule has 25 heavy (non-hydrogen) atoms. The molecule has 8 heteroatoms. The van der Waals surface area contributed by atoms with Gasteiger partial charge in [-0.25, -0.2) is 4.98 Å². The van der Waals surface area contributed by atoms with E-state index < -0.39 is 0 Å². The summed E-state index contributed by atoms with van der Waals surface area (Å²) < 4.78 is 18.3. The Morgan fingerprint density at radius 2 is 1.84 bits per heavy atom. The zero-order chi connectivity index (χ0) is 18.1. The number of nitrogen functional groups attached to an aromatic ring is 1. The first-order valence-corrected chi connectivity index (χ1v) is 7.94. The summed E-state index contributed by atoms with van der Waals surface area (Å²) in [6, 6.07) is 3.79. The first-order valence-electron chi connectivity index (χ1n) is 7.56. The van der Waals surface area contributed by atoms with Crippen LogP contribution in [-0.4, -0.2) is 35.9 Å². The molecule has 0 fully saturated rings. The van der Waals surface area contributed by atoms with Crippen LogP contribution >= 0.6 is 11.6 Å². The summed E-state index contributed by atoms with van der Waals surface area (Å²) >= 11 is 6.14. The van der Waals surface area contributed by atoms with Crippen molar-refractivity contribution in [1.29, 1.82) is 0 Å². The fraction of sp³-hybridized carbons (Fsp3) is 0.294. The highest BCUT2D eigenvalue weighted by Crippen LogP contribution is 2.42. The third-order valence-electron chi connectivity index (χ3n) is 4.12. The monoisotopic (exact) mass is 362 g/mol. The van der Waals surface area contributed by atoms with Gasteiger partial charge in [0.25, 0.3) is 0 Å². The topological polar surface area (TPSA) is 84.4 Å². The Balaban J connectivity index is 2.12. The van der Waals surface area contributed by atoms with E-state index in [1.165, 1.54) is 0 Å². The fourth-order valence-corrected chi connectivity index (χ4v) is 3.10. The lowest BCUT2D eigenvalue weighted by atomic mass is 10.1. The fourth-order valence-electron chi connectivity index (χ4n) is 2.87. The van der Waals surface area contributed by atoms with Crippen molar-refractivity contribution in [1.82, 2.24) is 14.5 Å². The van der Waals surface area contributed by atoms with Crippen molar-refractivity contribution in [2.75, 3.05) is 27.1 Å². The second-order valence-electron chi connectivity index (χ2n) is 5.48. The van der Waals surface area contributed by atoms with Gasteiger partial charge in [-0.2, -0.15) is 4.98 Å². The number of aromatic nitrogens is 3. The van der Waals surface area contributed by atoms with Crippen molar-refractivity contribution in [3.63, 3.8) is 0 Å². The van der Waals surface area contributed by atoms with Crippen LogP contribution < -0.4 is 19.9 Å². The Morgan fingerprint density at radius 1 is 1.12 bits per heavy atom. The molecule has 0 saturated carbocycles. The number of hydrogen-bond donors (Lipinski definition) is 1. The second-order valence-corrected chi connectivity index (χ2v) is 5.84. The lowest BCUT2D eigenvalue weighted by Crippen LogP contribution is -2.06. The van der Waals surface area contributed by atoms with Crippen molar-refractivity contribution in [2.24, 2.45) is 0 Å². The molecule has 0 unspecified atom stereocenters. The molecular weight excluding hydrogens is 344 g/mol. The predicted octanol–water partition coefficient (Wildman–Crippen LogP) is 3.05. The summed E-state index contributed by atoms with van der Waals surface area (Å²) in [4.78, 5) is 8.28. The first kappa shape index (κ1) is 17.2. The van der Waals surface area contributed by atoms with Gasteiger partial charge in [-0.05, 0) is 24.6 Å². The van der Waals surface area contributed by atoms with Crippen LogP contribution in [0.2, 0.25) is 5.15 Å². The number of methoxy groups -OCH3 is 3. The van der Waals surface area contributed by atoms with Crippen molar-refractivity contribution >= 4 is 28.6 Å². The number of benzene rings is 1. The van der Waals surface area contributed by atoms with Gasteiger partial charge in [-0.15, -0.1) is 0 Å². The molecule has 7 nitrogen and oxygen atoms in total. The maximum atomic E-state index is 6.14. The van der Waals surface area contributed by atoms with Crippen LogP contribution in [0.15, 0.2) is 18.3 Å². The van der Waals surface area contributed by atoms with Crippen LogP contribution in [0.25, 0.3) is 11.0 Å². The van der Waals surface area contributed by atoms with Gasteiger partial charge in [0.2, 0.25) is 11.7 Å². The normalized spacial score (nSPS) is 10.9. The Kier molecular flexibility index (Phi) is 4.59. The average Bonchev–Trinajstić information content (AvgIpc) is 2.99. The number of rotatable bonds is 5. The van der Waals surface area contributed by atoms with Crippen LogP contribution in [0.4, 0.5) is 5.95 Å². The predicted molar refractivity (Wildman–Crippen MR) is 96.9 cm³/mol. The number of halogens is 1. The highest BCUT2D eigenvalue weighted by atomic mass is 35.5. The van der Waals surface area contributed by atoms with Gasteiger partial charge in [0.05, 0.1) is 26.7 Å². The molecule has 0 bridgehead atoms. The summed E-state index contributed by atoms with van der Waals surface area (Å²) in [6.07, 6.45) is 1.90. The molecule has 0 saturated heterocycles. The van der Waals surface area contributed by atoms with Crippen LogP contribution in [0, 0.1) is 6.92 Å². The lowest BCUT2D eigenvalue weighted by molar-refractivity contribution is 0.322. The van der Waals surface area contributed by atoms with Gasteiger partial charge >= 0.3 is 0 Å². The molecule has 2 heterocycles. The van der Waals surface area contributed by atoms with E-state index in [4.69, 9.17) is 31.5 Å². The molecule has 0 spiro atoms. The van der Waals surface area contributed by atoms with Gasteiger partial charge in [-0.1, -0.05) is 11.6 Å². The van der Waals surface area contributed by atoms with Gasteiger partial charge in [0, 0.05) is 18.3 Å². The molecule has 0 radical (unpaired) electrons. The first-order chi connectivity index (χ1) is 12.0. The van der Waals surface area contributed by atoms with E-state index >= 15 is 0 Å². The third-order valence-corrected chi connectivity index (χ3v) is 4.40. The molecule has 0 atom stereocenters. The Hall–Kier alpha value is -2.67. The SMILES string of the molecule is COc1cc(Cn2ccc3c(Cl)nc(N)nc32)c(C)c(OC)c1OC. The standard InChI is InChI=1S/C17H19ClN4O3/c1-9-10(7-12(23-2)14(25-4)13(9)24-3)8-22-6-5-11-15(18)20-17(19)21-16(11)22/h5-7H,8H2,1-4H3,(H2,19,20,21). The number of fused-ring (bicyclic) bond motifs is 1. The maximum Gasteiger partial charge on any atom is 0.223 e. The van der Waals surface area contributed by atoms with E-state index in [1.54, 1.807) is 21.3 Å². The molecule has 3 aromatic rings. The largest absolute Gasteiger partial charge is 0.493 e. The molecule has 0 aliphatic heterocycles. The van der Waals surface area contributed by atoms with Crippen LogP contribution in [0.5, 0.6) is 17.2 Å². The van der Waals surface area contributed by atoms with Gasteiger partial charge in [-0.3, -0.25) is 0 Å². The number of anilines is 1. The molecule has 0 aliphatic rings. The molecule has 132 valence electrons. The Labute approximate surface area is 150 Å². The average molecular weight is 363 g/mol. The zero-order valence-corrected chi connectivity index (χ0v) is 15.2. The van der Waals surface area contributed by atoms with Crippen molar-refractivity contribution < 1.29 is 14.2 Å². The van der Waals surface area contributed by atoms with Crippen LogP contribution in [0.3, 0.4) is 0 Å². The van der Waals surface area contributed by atoms with Gasteiger partial charge in [0.1, 0.15) is 10.8 Å². The molecule has 1 aromatic carbocycles. The zero-order valence-electron chi connectivity index (χ0n) is 14.5. The summed E-state index contributed by atoms with van der Waals surface area (Å²) in [5.74, 6) is 1.95. The summed E-state index contributed by atoms with van der Waals surface area (Å²) in [7, 11) is 4.78. The molecule has 0 aliphatic carbocycles. The van der Waals surface area contributed by atoms with Gasteiger partial charge in [0.15, 0.2) is 11.5 Å². The van der Waals surface area contributed by atoms with E-state index in [0.717, 1.165) is 16.5 Å². The maximum absolute atomic E-state index is 6.14. The minimum atomic E-state index is 0.138. The number of nitrogens with zero attached hydrogens (tertiary/aromatic N) is 3. The van der Waals surface area contributed by atoms with Gasteiger partial charge < -0.3 is 24.5 Å². The van der Waals surface area contributed by atoms with Crippen LogP contribution in [0.1, 0.15) is 11.1 Å². The van der Waals surface area contributed by atoms with Crippen molar-refractivity contribution in [3.05, 3.63) is 34.6 Å². The Morgan fingerprint density at radius 3 is 2.48 bits per heavy atom. The summed E-state index contributed by atoms with van der Waals surface area (Å²) in [6.45, 7) is 2.51. The number of nitrogens with two attached hydrogens (primary N) is 1. The molecule has 0 amide bonds. The minimum absolute atomic E-state index is 0.138. The second kappa shape index (κ2) is 6.68. The van der Waals surface area contributed by atoms with E-state index in [2.05, 4.69) is 9.97 Å². The van der Waals surface area contributed by atoms with E-state index in [-0.39, 0.29) is 5.95 Å². The smallest absolute Gasteiger partial charge is 0.223 e. The highest BCUT2D eigenvalue weighted by molar-refractivity contribution is 6.34.